The van der Waals surface area contributed by atoms with Crippen LogP contribution in [0, 0.1) is 0 Å². The van der Waals surface area contributed by atoms with Crippen molar-refractivity contribution in [3.8, 4) is 11.5 Å². The van der Waals surface area contributed by atoms with E-state index in [0.717, 1.165) is 44.0 Å². The Kier molecular flexibility index (Phi) is 10.5. The summed E-state index contributed by atoms with van der Waals surface area (Å²) in [5, 5.41) is 15.2. The van der Waals surface area contributed by atoms with Gasteiger partial charge in [-0.05, 0) is 50.6 Å². The van der Waals surface area contributed by atoms with E-state index in [-0.39, 0.29) is 6.61 Å². The molecule has 0 saturated carbocycles. The van der Waals surface area contributed by atoms with Gasteiger partial charge < -0.3 is 25.2 Å². The van der Waals surface area contributed by atoms with Gasteiger partial charge >= 0.3 is 0 Å². The number of aliphatic hydroxyl groups excluding tert-OH is 1. The Balaban J connectivity index is 2.38. The molecule has 22 heavy (non-hydrogen) atoms. The first-order valence-electron chi connectivity index (χ1n) is 8.22. The van der Waals surface area contributed by atoms with Crippen molar-refractivity contribution >= 4 is 0 Å². The number of ether oxygens (including phenoxy) is 2. The number of rotatable bonds is 13. The summed E-state index contributed by atoms with van der Waals surface area (Å²) in [7, 11) is 0. The molecule has 1 aromatic carbocycles. The Hall–Kier alpha value is -1.30. The maximum atomic E-state index is 8.66. The zero-order valence-corrected chi connectivity index (χ0v) is 13.9. The van der Waals surface area contributed by atoms with E-state index >= 15 is 0 Å². The monoisotopic (exact) mass is 310 g/mol. The van der Waals surface area contributed by atoms with E-state index in [4.69, 9.17) is 14.6 Å². The number of hydrogen-bond donors (Lipinski definition) is 3. The molecule has 0 unspecified atom stereocenters. The second-order valence-electron chi connectivity index (χ2n) is 5.07. The molecular formula is C17H30N2O3. The van der Waals surface area contributed by atoms with Gasteiger partial charge in [0.1, 0.15) is 0 Å². The molecule has 0 spiro atoms. The molecule has 0 fully saturated rings. The van der Waals surface area contributed by atoms with Crippen molar-refractivity contribution in [3.63, 3.8) is 0 Å². The van der Waals surface area contributed by atoms with Gasteiger partial charge in [-0.25, -0.2) is 0 Å². The Bertz CT molecular complexity index is 399. The lowest BCUT2D eigenvalue weighted by Crippen LogP contribution is -2.23. The topological polar surface area (TPSA) is 62.8 Å². The predicted octanol–water partition coefficient (Wildman–Crippen LogP) is 1.94. The lowest BCUT2D eigenvalue weighted by molar-refractivity contribution is 0.276. The van der Waals surface area contributed by atoms with Crippen molar-refractivity contribution in [1.82, 2.24) is 10.6 Å². The number of hydrogen-bond acceptors (Lipinski definition) is 5. The minimum atomic E-state index is 0.195. The molecule has 3 N–H and O–H groups in total. The second kappa shape index (κ2) is 12.3. The summed E-state index contributed by atoms with van der Waals surface area (Å²) < 4.78 is 11.4. The first-order chi connectivity index (χ1) is 10.8. The summed E-state index contributed by atoms with van der Waals surface area (Å²) in [4.78, 5) is 0. The van der Waals surface area contributed by atoms with Gasteiger partial charge in [0.15, 0.2) is 11.5 Å². The van der Waals surface area contributed by atoms with E-state index in [1.807, 2.05) is 19.1 Å². The number of benzene rings is 1. The summed E-state index contributed by atoms with van der Waals surface area (Å²) >= 11 is 0. The minimum absolute atomic E-state index is 0.195. The van der Waals surface area contributed by atoms with E-state index < -0.39 is 0 Å². The van der Waals surface area contributed by atoms with E-state index in [1.165, 1.54) is 5.56 Å². The van der Waals surface area contributed by atoms with Crippen LogP contribution in [-0.2, 0) is 6.54 Å². The summed E-state index contributed by atoms with van der Waals surface area (Å²) in [5.74, 6) is 1.64. The molecule has 0 saturated heterocycles. The lowest BCUT2D eigenvalue weighted by Gasteiger charge is -2.13. The van der Waals surface area contributed by atoms with Gasteiger partial charge in [0.2, 0.25) is 0 Å². The van der Waals surface area contributed by atoms with Gasteiger partial charge in [-0.3, -0.25) is 0 Å². The van der Waals surface area contributed by atoms with Gasteiger partial charge in [0, 0.05) is 13.1 Å². The van der Waals surface area contributed by atoms with Crippen LogP contribution >= 0.6 is 0 Å². The quantitative estimate of drug-likeness (QED) is 0.486. The van der Waals surface area contributed by atoms with Crippen molar-refractivity contribution in [1.29, 1.82) is 0 Å². The SMILES string of the molecule is CCCOc1ccc(CNCCCNCCO)cc1OCC. The fourth-order valence-electron chi connectivity index (χ4n) is 2.04. The highest BCUT2D eigenvalue weighted by molar-refractivity contribution is 5.43. The molecule has 1 rings (SSSR count). The molecule has 0 aromatic heterocycles. The first kappa shape index (κ1) is 18.7. The minimum Gasteiger partial charge on any atom is -0.490 e. The third-order valence-corrected chi connectivity index (χ3v) is 3.09. The zero-order chi connectivity index (χ0) is 16.0. The van der Waals surface area contributed by atoms with Gasteiger partial charge in [0.25, 0.3) is 0 Å². The Morgan fingerprint density at radius 3 is 2.55 bits per heavy atom. The van der Waals surface area contributed by atoms with Crippen LogP contribution in [-0.4, -0.2) is 44.6 Å². The summed E-state index contributed by atoms with van der Waals surface area (Å²) in [5.41, 5.74) is 1.19. The van der Waals surface area contributed by atoms with Crippen LogP contribution in [0.3, 0.4) is 0 Å². The summed E-state index contributed by atoms with van der Waals surface area (Å²) in [6, 6.07) is 6.11. The van der Waals surface area contributed by atoms with Crippen LogP contribution in [0.15, 0.2) is 18.2 Å². The van der Waals surface area contributed by atoms with E-state index in [2.05, 4.69) is 23.6 Å². The third kappa shape index (κ3) is 7.64. The van der Waals surface area contributed by atoms with E-state index in [9.17, 15) is 0 Å². The Labute approximate surface area is 134 Å². The standard InChI is InChI=1S/C17H30N2O3/c1-3-12-22-16-7-6-15(13-17(16)21-4-2)14-19-9-5-8-18-10-11-20/h6-7,13,18-20H,3-5,8-12,14H2,1-2H3. The summed E-state index contributed by atoms with van der Waals surface area (Å²) in [6.07, 6.45) is 2.02. The van der Waals surface area contributed by atoms with Crippen LogP contribution in [0.25, 0.3) is 0 Å². The molecule has 0 atom stereocenters. The van der Waals surface area contributed by atoms with E-state index in [0.29, 0.717) is 19.8 Å². The molecule has 126 valence electrons. The molecule has 0 bridgehead atoms. The van der Waals surface area contributed by atoms with Gasteiger partial charge in [0.05, 0.1) is 19.8 Å². The maximum Gasteiger partial charge on any atom is 0.161 e. The molecule has 0 aliphatic carbocycles. The maximum absolute atomic E-state index is 8.66. The normalized spacial score (nSPS) is 10.7. The fraction of sp³-hybridized carbons (Fsp3) is 0.647. The molecule has 1 aromatic rings. The van der Waals surface area contributed by atoms with E-state index in [1.54, 1.807) is 0 Å². The molecule has 0 aliphatic rings. The van der Waals surface area contributed by atoms with Crippen molar-refractivity contribution in [2.75, 3.05) is 39.5 Å². The lowest BCUT2D eigenvalue weighted by atomic mass is 10.2. The smallest absolute Gasteiger partial charge is 0.161 e. The zero-order valence-electron chi connectivity index (χ0n) is 13.9. The van der Waals surface area contributed by atoms with Gasteiger partial charge in [-0.2, -0.15) is 0 Å². The average Bonchev–Trinajstić information content (AvgIpc) is 2.53. The Morgan fingerprint density at radius 2 is 1.82 bits per heavy atom. The van der Waals surface area contributed by atoms with Crippen LogP contribution in [0.5, 0.6) is 11.5 Å². The molecule has 0 aliphatic heterocycles. The average molecular weight is 310 g/mol. The second-order valence-corrected chi connectivity index (χ2v) is 5.07. The molecule has 0 amide bonds. The molecule has 5 nitrogen and oxygen atoms in total. The third-order valence-electron chi connectivity index (χ3n) is 3.09. The molecule has 0 heterocycles. The molecule has 0 radical (unpaired) electrons. The summed E-state index contributed by atoms with van der Waals surface area (Å²) in [6.45, 7) is 8.94. The van der Waals surface area contributed by atoms with Crippen molar-refractivity contribution in [2.24, 2.45) is 0 Å². The molecule has 5 heteroatoms. The highest BCUT2D eigenvalue weighted by atomic mass is 16.5. The first-order valence-corrected chi connectivity index (χ1v) is 8.22. The van der Waals surface area contributed by atoms with Gasteiger partial charge in [-0.15, -0.1) is 0 Å². The van der Waals surface area contributed by atoms with Crippen LogP contribution in [0.4, 0.5) is 0 Å². The highest BCUT2D eigenvalue weighted by Gasteiger charge is 2.06. The van der Waals surface area contributed by atoms with Gasteiger partial charge in [-0.1, -0.05) is 13.0 Å². The number of nitrogens with one attached hydrogen (secondary N) is 2. The number of aliphatic hydroxyl groups is 1. The van der Waals surface area contributed by atoms with Crippen molar-refractivity contribution < 1.29 is 14.6 Å². The highest BCUT2D eigenvalue weighted by Crippen LogP contribution is 2.28. The Morgan fingerprint density at radius 1 is 1.00 bits per heavy atom. The van der Waals surface area contributed by atoms with Crippen LogP contribution < -0.4 is 20.1 Å². The molecular weight excluding hydrogens is 280 g/mol. The van der Waals surface area contributed by atoms with Crippen LogP contribution in [0.2, 0.25) is 0 Å². The van der Waals surface area contributed by atoms with Crippen molar-refractivity contribution in [3.05, 3.63) is 23.8 Å². The largest absolute Gasteiger partial charge is 0.490 e. The predicted molar refractivity (Wildman–Crippen MR) is 89.7 cm³/mol. The van der Waals surface area contributed by atoms with Crippen LogP contribution in [0.1, 0.15) is 32.3 Å². The fourth-order valence-corrected chi connectivity index (χ4v) is 2.04. The van der Waals surface area contributed by atoms with Crippen molar-refractivity contribution in [2.45, 2.75) is 33.2 Å².